The Morgan fingerprint density at radius 3 is 2.29 bits per heavy atom. The molecule has 0 bridgehead atoms. The van der Waals surface area contributed by atoms with Gasteiger partial charge < -0.3 is 10.1 Å². The molecule has 1 rings (SSSR count). The Morgan fingerprint density at radius 1 is 1.24 bits per heavy atom. The van der Waals surface area contributed by atoms with E-state index in [-0.39, 0.29) is 11.6 Å². The van der Waals surface area contributed by atoms with Crippen LogP contribution in [0.15, 0.2) is 18.2 Å². The van der Waals surface area contributed by atoms with Crippen LogP contribution in [-0.4, -0.2) is 29.0 Å². The van der Waals surface area contributed by atoms with Gasteiger partial charge in [0.25, 0.3) is 11.4 Å². The first-order valence-corrected chi connectivity index (χ1v) is 6.05. The van der Waals surface area contributed by atoms with Gasteiger partial charge in [-0.15, -0.1) is 0 Å². The molecule has 9 nitrogen and oxygen atoms in total. The molecule has 0 aromatic heterocycles. The van der Waals surface area contributed by atoms with Gasteiger partial charge in [0, 0.05) is 6.07 Å². The van der Waals surface area contributed by atoms with E-state index in [2.05, 4.69) is 10.1 Å². The molecule has 0 aliphatic carbocycles. The van der Waals surface area contributed by atoms with E-state index < -0.39 is 33.2 Å². The number of esters is 1. The van der Waals surface area contributed by atoms with Gasteiger partial charge in [-0.1, -0.05) is 13.8 Å². The van der Waals surface area contributed by atoms with Gasteiger partial charge in [0.05, 0.1) is 23.0 Å². The molecule has 0 saturated carbocycles. The summed E-state index contributed by atoms with van der Waals surface area (Å²) in [5, 5.41) is 24.4. The van der Waals surface area contributed by atoms with Crippen LogP contribution in [-0.2, 0) is 9.53 Å². The molecule has 1 atom stereocenters. The van der Waals surface area contributed by atoms with Crippen LogP contribution in [0.1, 0.15) is 13.8 Å². The number of hydrogen-bond acceptors (Lipinski definition) is 7. The van der Waals surface area contributed by atoms with E-state index in [4.69, 9.17) is 0 Å². The predicted octanol–water partition coefficient (Wildman–Crippen LogP) is 2.11. The Morgan fingerprint density at radius 2 is 1.86 bits per heavy atom. The number of rotatable bonds is 6. The fourth-order valence-corrected chi connectivity index (χ4v) is 1.70. The third-order valence-corrected chi connectivity index (χ3v) is 2.82. The van der Waals surface area contributed by atoms with Crippen molar-refractivity contribution in [3.63, 3.8) is 0 Å². The number of carbonyl (C=O) groups excluding carboxylic acids is 1. The van der Waals surface area contributed by atoms with Gasteiger partial charge in [0.2, 0.25) is 0 Å². The van der Waals surface area contributed by atoms with Gasteiger partial charge >= 0.3 is 5.97 Å². The molecule has 0 heterocycles. The lowest BCUT2D eigenvalue weighted by Gasteiger charge is -2.20. The normalized spacial score (nSPS) is 11.8. The zero-order valence-electron chi connectivity index (χ0n) is 11.7. The van der Waals surface area contributed by atoms with E-state index >= 15 is 0 Å². The van der Waals surface area contributed by atoms with Gasteiger partial charge in [-0.05, 0) is 12.0 Å². The van der Waals surface area contributed by atoms with Crippen LogP contribution in [0.3, 0.4) is 0 Å². The van der Waals surface area contributed by atoms with Crippen molar-refractivity contribution >= 4 is 23.0 Å². The first kappa shape index (κ1) is 16.3. The number of non-ortho nitro benzene ring substituents is 1. The maximum Gasteiger partial charge on any atom is 0.328 e. The zero-order chi connectivity index (χ0) is 16.2. The fourth-order valence-electron chi connectivity index (χ4n) is 1.70. The number of anilines is 1. The van der Waals surface area contributed by atoms with Crippen molar-refractivity contribution < 1.29 is 19.4 Å². The van der Waals surface area contributed by atoms with Crippen LogP contribution in [0.5, 0.6) is 0 Å². The average molecular weight is 297 g/mol. The minimum Gasteiger partial charge on any atom is -0.467 e. The number of nitro groups is 2. The quantitative estimate of drug-likeness (QED) is 0.484. The third kappa shape index (κ3) is 3.88. The van der Waals surface area contributed by atoms with E-state index in [1.807, 2.05) is 0 Å². The molecule has 0 aliphatic rings. The summed E-state index contributed by atoms with van der Waals surface area (Å²) in [6.45, 7) is 3.48. The van der Waals surface area contributed by atoms with E-state index in [1.165, 1.54) is 13.2 Å². The molecule has 114 valence electrons. The summed E-state index contributed by atoms with van der Waals surface area (Å²) in [6.07, 6.45) is 0. The number of hydrogen-bond donors (Lipinski definition) is 1. The second-order valence-corrected chi connectivity index (χ2v) is 4.60. The van der Waals surface area contributed by atoms with Gasteiger partial charge in [0.1, 0.15) is 11.7 Å². The lowest BCUT2D eigenvalue weighted by molar-refractivity contribution is -0.393. The summed E-state index contributed by atoms with van der Waals surface area (Å²) in [7, 11) is 1.21. The van der Waals surface area contributed by atoms with Crippen LogP contribution < -0.4 is 5.32 Å². The first-order valence-electron chi connectivity index (χ1n) is 6.05. The monoisotopic (exact) mass is 297 g/mol. The van der Waals surface area contributed by atoms with Gasteiger partial charge in [-0.2, -0.15) is 0 Å². The molecule has 0 saturated heterocycles. The Labute approximate surface area is 120 Å². The summed E-state index contributed by atoms with van der Waals surface area (Å²) in [4.78, 5) is 31.9. The highest BCUT2D eigenvalue weighted by Crippen LogP contribution is 2.30. The van der Waals surface area contributed by atoms with Gasteiger partial charge in [0.15, 0.2) is 0 Å². The topological polar surface area (TPSA) is 125 Å². The predicted molar refractivity (Wildman–Crippen MR) is 74.0 cm³/mol. The average Bonchev–Trinajstić information content (AvgIpc) is 2.43. The largest absolute Gasteiger partial charge is 0.467 e. The second-order valence-electron chi connectivity index (χ2n) is 4.60. The number of ether oxygens (including phenoxy) is 1. The summed E-state index contributed by atoms with van der Waals surface area (Å²) < 4.78 is 4.63. The van der Waals surface area contributed by atoms with Crippen molar-refractivity contribution in [3.05, 3.63) is 38.4 Å². The molecule has 0 radical (unpaired) electrons. The highest BCUT2D eigenvalue weighted by atomic mass is 16.6. The first-order chi connectivity index (χ1) is 9.77. The molecule has 0 amide bonds. The van der Waals surface area contributed by atoms with Crippen molar-refractivity contribution in [2.75, 3.05) is 12.4 Å². The summed E-state index contributed by atoms with van der Waals surface area (Å²) in [5.41, 5.74) is -0.847. The molecule has 9 heteroatoms. The van der Waals surface area contributed by atoms with Gasteiger partial charge in [-0.25, -0.2) is 4.79 Å². The molecule has 1 N–H and O–H groups in total. The van der Waals surface area contributed by atoms with Gasteiger partial charge in [-0.3, -0.25) is 20.2 Å². The van der Waals surface area contributed by atoms with Crippen LogP contribution in [0.25, 0.3) is 0 Å². The molecular formula is C12H15N3O6. The third-order valence-electron chi connectivity index (χ3n) is 2.82. The summed E-state index contributed by atoms with van der Waals surface area (Å²) in [5.74, 6) is -0.759. The van der Waals surface area contributed by atoms with E-state index in [0.717, 1.165) is 12.1 Å². The number of carbonyl (C=O) groups is 1. The Kier molecular flexibility index (Phi) is 5.17. The highest BCUT2D eigenvalue weighted by molar-refractivity contribution is 5.81. The van der Waals surface area contributed by atoms with E-state index in [9.17, 15) is 25.0 Å². The molecule has 1 unspecified atom stereocenters. The minimum absolute atomic E-state index is 0.0229. The lowest BCUT2D eigenvalue weighted by atomic mass is 10.0. The molecule has 1 aromatic rings. The highest BCUT2D eigenvalue weighted by Gasteiger charge is 2.27. The van der Waals surface area contributed by atoms with E-state index in [0.29, 0.717) is 0 Å². The van der Waals surface area contributed by atoms with Crippen molar-refractivity contribution in [3.8, 4) is 0 Å². The maximum atomic E-state index is 11.7. The Balaban J connectivity index is 3.20. The Bertz CT molecular complexity index is 572. The smallest absolute Gasteiger partial charge is 0.328 e. The lowest BCUT2D eigenvalue weighted by Crippen LogP contribution is -2.35. The Hall–Kier alpha value is -2.71. The maximum absolute atomic E-state index is 11.7. The molecule has 0 spiro atoms. The number of nitrogens with zero attached hydrogens (tertiary/aromatic N) is 2. The molecule has 1 aromatic carbocycles. The standard InChI is InChI=1S/C12H15N3O6/c1-7(2)11(12(16)21-3)13-9-5-4-8(14(17)18)6-10(9)15(19)20/h4-7,11,13H,1-3H3. The SMILES string of the molecule is COC(=O)C(Nc1ccc([N+](=O)[O-])cc1[N+](=O)[O-])C(C)C. The minimum atomic E-state index is -0.796. The molecule has 0 aliphatic heterocycles. The number of nitro benzene ring substituents is 2. The molecule has 21 heavy (non-hydrogen) atoms. The van der Waals surface area contributed by atoms with Crippen molar-refractivity contribution in [2.45, 2.75) is 19.9 Å². The fraction of sp³-hybridized carbons (Fsp3) is 0.417. The van der Waals surface area contributed by atoms with Crippen molar-refractivity contribution in [1.29, 1.82) is 0 Å². The second kappa shape index (κ2) is 6.64. The van der Waals surface area contributed by atoms with Crippen molar-refractivity contribution in [1.82, 2.24) is 0 Å². The van der Waals surface area contributed by atoms with Crippen LogP contribution >= 0.6 is 0 Å². The number of methoxy groups -OCH3 is 1. The van der Waals surface area contributed by atoms with E-state index in [1.54, 1.807) is 13.8 Å². The van der Waals surface area contributed by atoms with Crippen LogP contribution in [0.2, 0.25) is 0 Å². The summed E-state index contributed by atoms with van der Waals surface area (Å²) in [6, 6.07) is 2.38. The number of nitrogens with one attached hydrogen (secondary N) is 1. The summed E-state index contributed by atoms with van der Waals surface area (Å²) >= 11 is 0. The zero-order valence-corrected chi connectivity index (χ0v) is 11.7. The number of benzene rings is 1. The van der Waals surface area contributed by atoms with Crippen molar-refractivity contribution in [2.24, 2.45) is 5.92 Å². The molecule has 0 fully saturated rings. The van der Waals surface area contributed by atoms with Crippen LogP contribution in [0, 0.1) is 26.1 Å². The van der Waals surface area contributed by atoms with Crippen LogP contribution in [0.4, 0.5) is 17.1 Å². The molecular weight excluding hydrogens is 282 g/mol.